The van der Waals surface area contributed by atoms with E-state index in [4.69, 9.17) is 21.1 Å². The molecule has 2 fully saturated rings. The zero-order valence-electron chi connectivity index (χ0n) is 21.4. The van der Waals surface area contributed by atoms with Crippen molar-refractivity contribution in [3.63, 3.8) is 0 Å². The van der Waals surface area contributed by atoms with Crippen LogP contribution >= 0.6 is 0 Å². The molecule has 1 saturated carbocycles. The first-order valence-corrected chi connectivity index (χ1v) is 14.0. The third-order valence-corrected chi connectivity index (χ3v) is 9.21. The number of fused-ring (bicyclic) bond motifs is 1. The first-order valence-electron chi connectivity index (χ1n) is 12.9. The van der Waals surface area contributed by atoms with Crippen molar-refractivity contribution in [2.45, 2.75) is 56.2 Å². The fourth-order valence-electron chi connectivity index (χ4n) is 5.20. The van der Waals surface area contributed by atoms with Crippen molar-refractivity contribution in [1.29, 1.82) is 0 Å². The molecule has 1 unspecified atom stereocenters. The number of para-hydroxylation sites is 1. The Hall–Kier alpha value is -2.91. The van der Waals surface area contributed by atoms with Gasteiger partial charge >= 0.3 is 0 Å². The zero-order valence-corrected chi connectivity index (χ0v) is 22.2. The summed E-state index contributed by atoms with van der Waals surface area (Å²) < 4.78 is 27.5. The number of ether oxygens (including phenoxy) is 2. The van der Waals surface area contributed by atoms with Crippen molar-refractivity contribution >= 4 is 22.4 Å². The maximum atomic E-state index is 13.7. The van der Waals surface area contributed by atoms with Crippen LogP contribution in [0.5, 0.6) is 5.75 Å². The summed E-state index contributed by atoms with van der Waals surface area (Å²) in [5.74, 6) is 6.98. The molecule has 3 aromatic carbocycles. The van der Waals surface area contributed by atoms with E-state index in [1.54, 1.807) is 0 Å². The van der Waals surface area contributed by atoms with E-state index < -0.39 is 16.6 Å². The molecule has 0 amide bonds. The normalized spacial score (nSPS) is 20.6. The second-order valence-electron chi connectivity index (χ2n) is 10.6. The molecular weight excluding hydrogens is 484 g/mol. The third-order valence-electron chi connectivity index (χ3n) is 7.77. The van der Waals surface area contributed by atoms with E-state index in [9.17, 15) is 4.21 Å². The van der Waals surface area contributed by atoms with Gasteiger partial charge < -0.3 is 20.2 Å². The molecule has 0 bridgehead atoms. The first-order chi connectivity index (χ1) is 17.8. The number of nitrogen functional groups attached to an aromatic ring is 1. The molecule has 1 saturated heterocycles. The lowest BCUT2D eigenvalue weighted by molar-refractivity contribution is -0.165. The Kier molecular flexibility index (Phi) is 6.23. The lowest BCUT2D eigenvalue weighted by Crippen LogP contribution is -2.60. The van der Waals surface area contributed by atoms with Crippen LogP contribution in [0.4, 0.5) is 11.4 Å². The maximum Gasteiger partial charge on any atom is 0.169 e. The van der Waals surface area contributed by atoms with Gasteiger partial charge in [-0.3, -0.25) is 0 Å². The van der Waals surface area contributed by atoms with Crippen LogP contribution in [0, 0.1) is 13.8 Å². The van der Waals surface area contributed by atoms with Gasteiger partial charge in [0, 0.05) is 12.6 Å². The van der Waals surface area contributed by atoms with Crippen molar-refractivity contribution in [2.75, 3.05) is 30.5 Å². The van der Waals surface area contributed by atoms with Crippen LogP contribution in [-0.4, -0.2) is 39.9 Å². The van der Waals surface area contributed by atoms with Gasteiger partial charge in [0.15, 0.2) is 5.60 Å². The van der Waals surface area contributed by atoms with Crippen molar-refractivity contribution in [1.82, 2.24) is 4.31 Å². The highest BCUT2D eigenvalue weighted by molar-refractivity contribution is 7.82. The van der Waals surface area contributed by atoms with Gasteiger partial charge in [-0.25, -0.2) is 14.4 Å². The number of anilines is 2. The lowest BCUT2D eigenvalue weighted by Gasteiger charge is -2.41. The summed E-state index contributed by atoms with van der Waals surface area (Å²) in [6, 6.07) is 18.8. The average Bonchev–Trinajstić information content (AvgIpc) is 3.72. The van der Waals surface area contributed by atoms with Crippen molar-refractivity contribution < 1.29 is 13.7 Å². The second kappa shape index (κ2) is 9.44. The molecule has 8 heteroatoms. The Morgan fingerprint density at radius 1 is 1.08 bits per heavy atom. The summed E-state index contributed by atoms with van der Waals surface area (Å²) in [4.78, 5) is 0.714. The molecule has 3 aliphatic rings. The average molecular weight is 519 g/mol. The fraction of sp³-hybridized carbons (Fsp3) is 0.379. The smallest absolute Gasteiger partial charge is 0.169 e. The minimum absolute atomic E-state index is 0.403. The molecule has 194 valence electrons. The number of benzene rings is 3. The molecule has 0 aromatic heterocycles. The van der Waals surface area contributed by atoms with E-state index in [1.165, 1.54) is 16.7 Å². The van der Waals surface area contributed by atoms with Crippen molar-refractivity contribution in [3.05, 3.63) is 82.4 Å². The minimum Gasteiger partial charge on any atom is -0.480 e. The maximum absolute atomic E-state index is 13.7. The Labute approximate surface area is 220 Å². The number of hydrogen-bond donors (Lipinski definition) is 2. The Bertz CT molecular complexity index is 1370. The molecule has 1 atom stereocenters. The highest BCUT2D eigenvalue weighted by atomic mass is 32.2. The van der Waals surface area contributed by atoms with E-state index in [0.717, 1.165) is 41.8 Å². The van der Waals surface area contributed by atoms with Gasteiger partial charge in [0.1, 0.15) is 16.7 Å². The monoisotopic (exact) mass is 518 g/mol. The number of aryl methyl sites for hydroxylation is 1. The molecule has 1 spiro atoms. The summed E-state index contributed by atoms with van der Waals surface area (Å²) in [6.07, 6.45) is 3.01. The van der Waals surface area contributed by atoms with Crippen molar-refractivity contribution in [2.24, 2.45) is 5.84 Å². The van der Waals surface area contributed by atoms with Gasteiger partial charge in [0.25, 0.3) is 0 Å². The molecule has 7 nitrogen and oxygen atoms in total. The lowest BCUT2D eigenvalue weighted by atomic mass is 9.95. The van der Waals surface area contributed by atoms with E-state index in [1.807, 2.05) is 39.6 Å². The van der Waals surface area contributed by atoms with E-state index in [-0.39, 0.29) is 0 Å². The number of nitrogens with zero attached hydrogens (tertiary/aromatic N) is 2. The van der Waals surface area contributed by atoms with Gasteiger partial charge in [0.2, 0.25) is 0 Å². The molecule has 6 rings (SSSR count). The summed E-state index contributed by atoms with van der Waals surface area (Å²) in [5, 5.41) is 1.82. The standard InChI is InChI=1S/C29H34N4O3S/c1-19-7-8-21(13-22-9-12-25(28(30)20(22)2)33(31)24-10-11-24)14-23(19)15-32-16-29(17-35-18-29)36-26-5-3-4-6-27(26)37(32)34/h3-9,12,14,24H,10-11,13,15-18,30-31H2,1-2H3. The SMILES string of the molecule is Cc1ccc(Cc2ccc(N(N)C3CC3)c(N)c2C)cc1CN1CC2(COC2)Oc2ccccc2S1=O. The van der Waals surface area contributed by atoms with Crippen LogP contribution in [0.2, 0.25) is 0 Å². The summed E-state index contributed by atoms with van der Waals surface area (Å²) >= 11 is 0. The zero-order chi connectivity index (χ0) is 25.7. The molecule has 3 aromatic rings. The van der Waals surface area contributed by atoms with Crippen LogP contribution in [0.3, 0.4) is 0 Å². The van der Waals surface area contributed by atoms with Crippen LogP contribution < -0.4 is 21.3 Å². The molecule has 1 aliphatic carbocycles. The number of rotatable bonds is 6. The van der Waals surface area contributed by atoms with E-state index >= 15 is 0 Å². The highest BCUT2D eigenvalue weighted by Crippen LogP contribution is 2.37. The van der Waals surface area contributed by atoms with E-state index in [0.29, 0.717) is 43.0 Å². The van der Waals surface area contributed by atoms with Gasteiger partial charge in [0.05, 0.1) is 36.0 Å². The quantitative estimate of drug-likeness (QED) is 0.291. The summed E-state index contributed by atoms with van der Waals surface area (Å²) in [5.41, 5.74) is 13.5. The Morgan fingerprint density at radius 2 is 1.86 bits per heavy atom. The molecule has 4 N–H and O–H groups in total. The van der Waals surface area contributed by atoms with Gasteiger partial charge in [-0.15, -0.1) is 0 Å². The van der Waals surface area contributed by atoms with Crippen LogP contribution in [-0.2, 0) is 28.7 Å². The van der Waals surface area contributed by atoms with Crippen LogP contribution in [0.15, 0.2) is 59.5 Å². The summed E-state index contributed by atoms with van der Waals surface area (Å²) in [6.45, 7) is 6.30. The Morgan fingerprint density at radius 3 is 2.59 bits per heavy atom. The number of hydrazine groups is 1. The van der Waals surface area contributed by atoms with Crippen LogP contribution in [0.1, 0.15) is 40.7 Å². The van der Waals surface area contributed by atoms with Gasteiger partial charge in [-0.1, -0.05) is 36.4 Å². The summed E-state index contributed by atoms with van der Waals surface area (Å²) in [7, 11) is -1.33. The fourth-order valence-corrected chi connectivity index (χ4v) is 6.56. The predicted octanol–water partition coefficient (Wildman–Crippen LogP) is 4.01. The van der Waals surface area contributed by atoms with Crippen LogP contribution in [0.25, 0.3) is 0 Å². The second-order valence-corrected chi connectivity index (χ2v) is 12.1. The number of hydrogen-bond acceptors (Lipinski definition) is 6. The largest absolute Gasteiger partial charge is 0.480 e. The van der Waals surface area contributed by atoms with E-state index in [2.05, 4.69) is 38.1 Å². The molecule has 2 aliphatic heterocycles. The minimum atomic E-state index is -1.33. The molecular formula is C29H34N4O3S. The number of nitrogens with two attached hydrogens (primary N) is 2. The van der Waals surface area contributed by atoms with Crippen molar-refractivity contribution in [3.8, 4) is 5.75 Å². The molecule has 0 radical (unpaired) electrons. The third kappa shape index (κ3) is 4.63. The Balaban J connectivity index is 1.26. The topological polar surface area (TPSA) is 94.1 Å². The first kappa shape index (κ1) is 24.4. The van der Waals surface area contributed by atoms with Gasteiger partial charge in [-0.2, -0.15) is 0 Å². The molecule has 37 heavy (non-hydrogen) atoms. The molecule has 2 heterocycles. The predicted molar refractivity (Wildman–Crippen MR) is 147 cm³/mol. The highest BCUT2D eigenvalue weighted by Gasteiger charge is 2.46. The van der Waals surface area contributed by atoms with Gasteiger partial charge in [-0.05, 0) is 79.1 Å².